The van der Waals surface area contributed by atoms with E-state index < -0.39 is 5.97 Å². The molecule has 122 valence electrons. The molecular formula is C20H19NO3. The Morgan fingerprint density at radius 1 is 1.12 bits per heavy atom. The number of aliphatic imine (C=N–C) groups is 1. The summed E-state index contributed by atoms with van der Waals surface area (Å²) >= 11 is 0. The Kier molecular flexibility index (Phi) is 5.06. The van der Waals surface area contributed by atoms with Gasteiger partial charge in [-0.05, 0) is 42.3 Å². The van der Waals surface area contributed by atoms with Gasteiger partial charge in [-0.1, -0.05) is 43.7 Å². The van der Waals surface area contributed by atoms with E-state index in [0.29, 0.717) is 18.2 Å². The summed E-state index contributed by atoms with van der Waals surface area (Å²) in [5.41, 5.74) is 1.93. The minimum absolute atomic E-state index is 0.291. The van der Waals surface area contributed by atoms with Gasteiger partial charge in [0.2, 0.25) is 5.90 Å². The fourth-order valence-electron chi connectivity index (χ4n) is 2.30. The summed E-state index contributed by atoms with van der Waals surface area (Å²) in [6, 6.07) is 17.0. The van der Waals surface area contributed by atoms with E-state index in [0.717, 1.165) is 29.7 Å². The van der Waals surface area contributed by atoms with Crippen molar-refractivity contribution in [3.05, 3.63) is 71.4 Å². The molecule has 4 nitrogen and oxygen atoms in total. The minimum atomic E-state index is -0.439. The largest absolute Gasteiger partial charge is 0.494 e. The van der Waals surface area contributed by atoms with Crippen molar-refractivity contribution in [3.63, 3.8) is 0 Å². The van der Waals surface area contributed by atoms with Crippen molar-refractivity contribution in [1.82, 2.24) is 0 Å². The molecule has 0 aliphatic carbocycles. The lowest BCUT2D eigenvalue weighted by molar-refractivity contribution is -0.129. The Bertz CT molecular complexity index is 778. The molecule has 0 atom stereocenters. The highest BCUT2D eigenvalue weighted by atomic mass is 16.6. The van der Waals surface area contributed by atoms with Gasteiger partial charge in [0.1, 0.15) is 5.75 Å². The van der Waals surface area contributed by atoms with E-state index in [-0.39, 0.29) is 0 Å². The molecule has 24 heavy (non-hydrogen) atoms. The first-order chi connectivity index (χ1) is 11.8. The van der Waals surface area contributed by atoms with Crippen LogP contribution in [0.1, 0.15) is 30.9 Å². The second-order valence-corrected chi connectivity index (χ2v) is 5.48. The molecule has 0 bridgehead atoms. The zero-order valence-electron chi connectivity index (χ0n) is 13.6. The molecule has 0 amide bonds. The average Bonchev–Trinajstić information content (AvgIpc) is 2.97. The van der Waals surface area contributed by atoms with Gasteiger partial charge in [0.05, 0.1) is 6.61 Å². The monoisotopic (exact) mass is 321 g/mol. The van der Waals surface area contributed by atoms with Gasteiger partial charge in [-0.15, -0.1) is 0 Å². The highest BCUT2D eigenvalue weighted by Crippen LogP contribution is 2.21. The number of rotatable bonds is 6. The van der Waals surface area contributed by atoms with E-state index >= 15 is 0 Å². The lowest BCUT2D eigenvalue weighted by Gasteiger charge is -2.05. The molecule has 0 unspecified atom stereocenters. The first-order valence-electron chi connectivity index (χ1n) is 8.07. The molecule has 1 aliphatic heterocycles. The summed E-state index contributed by atoms with van der Waals surface area (Å²) in [7, 11) is 0. The Morgan fingerprint density at radius 2 is 1.96 bits per heavy atom. The third-order valence-electron chi connectivity index (χ3n) is 3.57. The molecule has 0 spiro atoms. The van der Waals surface area contributed by atoms with Crippen LogP contribution >= 0.6 is 0 Å². The SMILES string of the molecule is CCCCOc1cccc(C=C2N=C(c3ccccc3)OC2=O)c1. The zero-order chi connectivity index (χ0) is 16.8. The number of cyclic esters (lactones) is 1. The maximum absolute atomic E-state index is 12.0. The van der Waals surface area contributed by atoms with Crippen molar-refractivity contribution in [2.75, 3.05) is 6.61 Å². The number of carbonyl (C=O) groups excluding carboxylic acids is 1. The molecular weight excluding hydrogens is 302 g/mol. The zero-order valence-corrected chi connectivity index (χ0v) is 13.6. The number of esters is 1. The molecule has 2 aromatic rings. The summed E-state index contributed by atoms with van der Waals surface area (Å²) in [5, 5.41) is 0. The number of hydrogen-bond donors (Lipinski definition) is 0. The van der Waals surface area contributed by atoms with E-state index in [4.69, 9.17) is 9.47 Å². The van der Waals surface area contributed by atoms with Crippen LogP contribution in [0.4, 0.5) is 0 Å². The molecule has 0 saturated heterocycles. The summed E-state index contributed by atoms with van der Waals surface area (Å²) in [6.45, 7) is 2.81. The molecule has 0 aromatic heterocycles. The van der Waals surface area contributed by atoms with E-state index in [1.807, 2.05) is 54.6 Å². The van der Waals surface area contributed by atoms with Crippen molar-refractivity contribution in [1.29, 1.82) is 0 Å². The Morgan fingerprint density at radius 3 is 2.75 bits per heavy atom. The third-order valence-corrected chi connectivity index (χ3v) is 3.57. The molecule has 3 rings (SSSR count). The topological polar surface area (TPSA) is 47.9 Å². The van der Waals surface area contributed by atoms with Gasteiger partial charge in [0.15, 0.2) is 5.70 Å². The summed E-state index contributed by atoms with van der Waals surface area (Å²) < 4.78 is 10.9. The molecule has 1 aliphatic rings. The lowest BCUT2D eigenvalue weighted by Crippen LogP contribution is -2.04. The summed E-state index contributed by atoms with van der Waals surface area (Å²) in [5.74, 6) is 0.685. The molecule has 1 heterocycles. The van der Waals surface area contributed by atoms with Crippen molar-refractivity contribution in [2.45, 2.75) is 19.8 Å². The number of nitrogens with zero attached hydrogens (tertiary/aromatic N) is 1. The summed E-state index contributed by atoms with van der Waals surface area (Å²) in [6.07, 6.45) is 3.82. The van der Waals surface area contributed by atoms with E-state index in [9.17, 15) is 4.79 Å². The molecule has 2 aromatic carbocycles. The Labute approximate surface area is 141 Å². The maximum atomic E-state index is 12.0. The van der Waals surface area contributed by atoms with Crippen LogP contribution in [-0.4, -0.2) is 18.5 Å². The second-order valence-electron chi connectivity index (χ2n) is 5.48. The number of carbonyl (C=O) groups is 1. The second kappa shape index (κ2) is 7.59. The highest BCUT2D eigenvalue weighted by molar-refractivity contribution is 6.12. The predicted octanol–water partition coefficient (Wildman–Crippen LogP) is 4.21. The van der Waals surface area contributed by atoms with Gasteiger partial charge in [-0.25, -0.2) is 9.79 Å². The van der Waals surface area contributed by atoms with E-state index in [2.05, 4.69) is 11.9 Å². The fourth-order valence-corrected chi connectivity index (χ4v) is 2.30. The first-order valence-corrected chi connectivity index (χ1v) is 8.07. The van der Waals surface area contributed by atoms with Crippen molar-refractivity contribution in [3.8, 4) is 5.75 Å². The average molecular weight is 321 g/mol. The van der Waals surface area contributed by atoms with Gasteiger partial charge < -0.3 is 9.47 Å². The van der Waals surface area contributed by atoms with Crippen molar-refractivity contribution >= 4 is 17.9 Å². The molecule has 0 saturated carbocycles. The van der Waals surface area contributed by atoms with Gasteiger partial charge in [-0.2, -0.15) is 0 Å². The van der Waals surface area contributed by atoms with Crippen LogP contribution in [0.25, 0.3) is 6.08 Å². The molecule has 0 radical (unpaired) electrons. The molecule has 0 fully saturated rings. The maximum Gasteiger partial charge on any atom is 0.363 e. The van der Waals surface area contributed by atoms with Crippen LogP contribution < -0.4 is 4.74 Å². The van der Waals surface area contributed by atoms with Crippen LogP contribution in [0.5, 0.6) is 5.75 Å². The number of unbranched alkanes of at least 4 members (excludes halogenated alkanes) is 1. The first kappa shape index (κ1) is 16.0. The van der Waals surface area contributed by atoms with Crippen molar-refractivity contribution < 1.29 is 14.3 Å². The van der Waals surface area contributed by atoms with Gasteiger partial charge in [0, 0.05) is 5.56 Å². The lowest BCUT2D eigenvalue weighted by atomic mass is 10.2. The van der Waals surface area contributed by atoms with Crippen LogP contribution in [-0.2, 0) is 9.53 Å². The number of benzene rings is 2. The van der Waals surface area contributed by atoms with Gasteiger partial charge in [-0.3, -0.25) is 0 Å². The standard InChI is InChI=1S/C20H19NO3/c1-2-3-12-23-17-11-7-8-15(13-17)14-18-20(22)24-19(21-18)16-9-5-4-6-10-16/h4-11,13-14H,2-3,12H2,1H3. The minimum Gasteiger partial charge on any atom is -0.494 e. The quantitative estimate of drug-likeness (QED) is 0.455. The predicted molar refractivity (Wildman–Crippen MR) is 93.9 cm³/mol. The Balaban J connectivity index is 1.79. The highest BCUT2D eigenvalue weighted by Gasteiger charge is 2.23. The van der Waals surface area contributed by atoms with E-state index in [1.54, 1.807) is 6.08 Å². The van der Waals surface area contributed by atoms with Crippen molar-refractivity contribution in [2.24, 2.45) is 4.99 Å². The molecule has 0 N–H and O–H groups in total. The third kappa shape index (κ3) is 3.90. The smallest absolute Gasteiger partial charge is 0.363 e. The summed E-state index contributed by atoms with van der Waals surface area (Å²) in [4.78, 5) is 16.3. The van der Waals surface area contributed by atoms with Crippen LogP contribution in [0, 0.1) is 0 Å². The number of hydrogen-bond acceptors (Lipinski definition) is 4. The van der Waals surface area contributed by atoms with Crippen LogP contribution in [0.3, 0.4) is 0 Å². The van der Waals surface area contributed by atoms with E-state index in [1.165, 1.54) is 0 Å². The van der Waals surface area contributed by atoms with Crippen LogP contribution in [0.15, 0.2) is 65.3 Å². The van der Waals surface area contributed by atoms with Gasteiger partial charge in [0.25, 0.3) is 0 Å². The van der Waals surface area contributed by atoms with Crippen LogP contribution in [0.2, 0.25) is 0 Å². The Hall–Kier alpha value is -2.88. The fraction of sp³-hybridized carbons (Fsp3) is 0.200. The number of ether oxygens (including phenoxy) is 2. The van der Waals surface area contributed by atoms with Gasteiger partial charge >= 0.3 is 5.97 Å². The normalized spacial score (nSPS) is 15.3. The molecule has 4 heteroatoms.